The van der Waals surface area contributed by atoms with Crippen LogP contribution in [0.3, 0.4) is 0 Å². The Kier molecular flexibility index (Phi) is 7.18. The number of ketones is 1. The molecule has 0 bridgehead atoms. The number of Topliss-reactive ketones (excluding diaryl/α,β-unsaturated/α-hetero) is 1. The molecule has 8 nitrogen and oxygen atoms in total. The number of rotatable bonds is 7. The lowest BCUT2D eigenvalue weighted by Gasteiger charge is -2.35. The van der Waals surface area contributed by atoms with Gasteiger partial charge >= 0.3 is 5.97 Å². The van der Waals surface area contributed by atoms with Gasteiger partial charge in [-0.3, -0.25) is 9.59 Å². The van der Waals surface area contributed by atoms with E-state index in [0.29, 0.717) is 30.2 Å². The first kappa shape index (κ1) is 20.7. The molecule has 148 valence electrons. The number of carbonyl (C=O) groups excluding carboxylic acids is 3. The molecule has 0 saturated carbocycles. The number of ether oxygens (including phenoxy) is 4. The first-order chi connectivity index (χ1) is 12.8. The van der Waals surface area contributed by atoms with Gasteiger partial charge in [0.2, 0.25) is 0 Å². The standard InChI is InChI=1S/C19H25NO7/c1-12-8-20(9-13(2)27-12)18(22)10-26-19(23)11-25-16-6-5-15(14(3)21)7-17(16)24-4/h5-7,12-13H,8-11H2,1-4H3/t12-,13+. The number of morpholine rings is 1. The Labute approximate surface area is 158 Å². The first-order valence-electron chi connectivity index (χ1n) is 8.70. The quantitative estimate of drug-likeness (QED) is 0.523. The van der Waals surface area contributed by atoms with Crippen LogP contribution in [0.4, 0.5) is 0 Å². The van der Waals surface area contributed by atoms with Crippen molar-refractivity contribution < 1.29 is 33.3 Å². The summed E-state index contributed by atoms with van der Waals surface area (Å²) in [6.45, 7) is 5.44. The SMILES string of the molecule is COc1cc(C(C)=O)ccc1OCC(=O)OCC(=O)N1C[C@@H](C)O[C@@H](C)C1. The second-order valence-corrected chi connectivity index (χ2v) is 6.43. The van der Waals surface area contributed by atoms with E-state index in [1.54, 1.807) is 17.0 Å². The number of benzene rings is 1. The fraction of sp³-hybridized carbons (Fsp3) is 0.526. The van der Waals surface area contributed by atoms with Crippen molar-refractivity contribution in [2.45, 2.75) is 33.0 Å². The van der Waals surface area contributed by atoms with Gasteiger partial charge in [-0.1, -0.05) is 0 Å². The van der Waals surface area contributed by atoms with Crippen molar-refractivity contribution in [2.24, 2.45) is 0 Å². The Morgan fingerprint density at radius 2 is 1.78 bits per heavy atom. The van der Waals surface area contributed by atoms with Crippen molar-refractivity contribution >= 4 is 17.7 Å². The number of methoxy groups -OCH3 is 1. The average molecular weight is 379 g/mol. The summed E-state index contributed by atoms with van der Waals surface area (Å²) in [5.41, 5.74) is 0.473. The molecule has 27 heavy (non-hydrogen) atoms. The van der Waals surface area contributed by atoms with Gasteiger partial charge in [-0.05, 0) is 39.0 Å². The summed E-state index contributed by atoms with van der Waals surface area (Å²) in [7, 11) is 1.44. The minimum Gasteiger partial charge on any atom is -0.493 e. The van der Waals surface area contributed by atoms with E-state index in [2.05, 4.69) is 0 Å². The van der Waals surface area contributed by atoms with Crippen LogP contribution in [0, 0.1) is 0 Å². The first-order valence-corrected chi connectivity index (χ1v) is 8.70. The molecule has 0 radical (unpaired) electrons. The van der Waals surface area contributed by atoms with Crippen LogP contribution >= 0.6 is 0 Å². The zero-order valence-electron chi connectivity index (χ0n) is 16.0. The summed E-state index contributed by atoms with van der Waals surface area (Å²) >= 11 is 0. The Morgan fingerprint density at radius 3 is 2.37 bits per heavy atom. The lowest BCUT2D eigenvalue weighted by Crippen LogP contribution is -2.49. The summed E-state index contributed by atoms with van der Waals surface area (Å²) in [6, 6.07) is 4.66. The minimum absolute atomic E-state index is 0.0535. The summed E-state index contributed by atoms with van der Waals surface area (Å²) < 4.78 is 21.1. The van der Waals surface area contributed by atoms with E-state index in [9.17, 15) is 14.4 Å². The van der Waals surface area contributed by atoms with Gasteiger partial charge < -0.3 is 23.8 Å². The Bertz CT molecular complexity index is 693. The highest BCUT2D eigenvalue weighted by molar-refractivity contribution is 5.94. The molecule has 1 aliphatic rings. The van der Waals surface area contributed by atoms with Crippen molar-refractivity contribution in [1.82, 2.24) is 4.90 Å². The molecular formula is C19H25NO7. The van der Waals surface area contributed by atoms with Crippen LogP contribution in [-0.2, 0) is 19.1 Å². The Hall–Kier alpha value is -2.61. The van der Waals surface area contributed by atoms with E-state index in [1.807, 2.05) is 13.8 Å². The van der Waals surface area contributed by atoms with Crippen molar-refractivity contribution in [1.29, 1.82) is 0 Å². The third kappa shape index (κ3) is 5.96. The van der Waals surface area contributed by atoms with E-state index < -0.39 is 5.97 Å². The van der Waals surface area contributed by atoms with E-state index in [0.717, 1.165) is 0 Å². The number of amides is 1. The van der Waals surface area contributed by atoms with E-state index in [-0.39, 0.29) is 37.1 Å². The molecule has 1 aromatic carbocycles. The highest BCUT2D eigenvalue weighted by atomic mass is 16.6. The van der Waals surface area contributed by atoms with Gasteiger partial charge in [0.05, 0.1) is 19.3 Å². The van der Waals surface area contributed by atoms with Gasteiger partial charge in [-0.15, -0.1) is 0 Å². The van der Waals surface area contributed by atoms with Gasteiger partial charge in [-0.2, -0.15) is 0 Å². The van der Waals surface area contributed by atoms with Crippen LogP contribution in [0.25, 0.3) is 0 Å². The summed E-state index contributed by atoms with van der Waals surface area (Å²) in [4.78, 5) is 37.1. The molecule has 1 heterocycles. The molecule has 2 atom stereocenters. The van der Waals surface area contributed by atoms with Gasteiger partial charge in [0.25, 0.3) is 5.91 Å². The van der Waals surface area contributed by atoms with Crippen LogP contribution in [0.1, 0.15) is 31.1 Å². The number of nitrogens with zero attached hydrogens (tertiary/aromatic N) is 1. The number of hydrogen-bond acceptors (Lipinski definition) is 7. The van der Waals surface area contributed by atoms with E-state index in [1.165, 1.54) is 20.1 Å². The molecule has 0 N–H and O–H groups in total. The zero-order chi connectivity index (χ0) is 20.0. The van der Waals surface area contributed by atoms with Gasteiger partial charge in [0.15, 0.2) is 30.5 Å². The molecule has 2 rings (SSSR count). The smallest absolute Gasteiger partial charge is 0.344 e. The van der Waals surface area contributed by atoms with E-state index in [4.69, 9.17) is 18.9 Å². The molecule has 1 saturated heterocycles. The van der Waals surface area contributed by atoms with E-state index >= 15 is 0 Å². The second kappa shape index (κ2) is 9.36. The van der Waals surface area contributed by atoms with Crippen LogP contribution < -0.4 is 9.47 Å². The molecule has 0 spiro atoms. The number of carbonyl (C=O) groups is 3. The van der Waals surface area contributed by atoms with Crippen molar-refractivity contribution in [3.63, 3.8) is 0 Å². The molecule has 1 aliphatic heterocycles. The third-order valence-corrected chi connectivity index (χ3v) is 4.04. The van der Waals surface area contributed by atoms with Crippen LogP contribution in [0.2, 0.25) is 0 Å². The molecule has 8 heteroatoms. The molecule has 0 unspecified atom stereocenters. The monoisotopic (exact) mass is 379 g/mol. The maximum absolute atomic E-state index is 12.2. The Morgan fingerprint density at radius 1 is 1.11 bits per heavy atom. The van der Waals surface area contributed by atoms with Crippen LogP contribution in [-0.4, -0.2) is 68.2 Å². The molecular weight excluding hydrogens is 354 g/mol. The lowest BCUT2D eigenvalue weighted by atomic mass is 10.1. The fourth-order valence-electron chi connectivity index (χ4n) is 2.80. The van der Waals surface area contributed by atoms with Gasteiger partial charge in [0, 0.05) is 18.7 Å². The molecule has 0 aliphatic carbocycles. The van der Waals surface area contributed by atoms with Gasteiger partial charge in [0.1, 0.15) is 0 Å². The van der Waals surface area contributed by atoms with Gasteiger partial charge in [-0.25, -0.2) is 4.79 Å². The van der Waals surface area contributed by atoms with Crippen LogP contribution in [0.15, 0.2) is 18.2 Å². The molecule has 1 aromatic rings. The topological polar surface area (TPSA) is 91.4 Å². The fourth-order valence-corrected chi connectivity index (χ4v) is 2.80. The Balaban J connectivity index is 1.82. The summed E-state index contributed by atoms with van der Waals surface area (Å²) in [5.74, 6) is -0.404. The van der Waals surface area contributed by atoms with Crippen molar-refractivity contribution in [3.05, 3.63) is 23.8 Å². The predicted octanol–water partition coefficient (Wildman–Crippen LogP) is 1.46. The largest absolute Gasteiger partial charge is 0.493 e. The average Bonchev–Trinajstić information content (AvgIpc) is 2.63. The maximum Gasteiger partial charge on any atom is 0.344 e. The van der Waals surface area contributed by atoms with Crippen molar-refractivity contribution in [3.8, 4) is 11.5 Å². The highest BCUT2D eigenvalue weighted by Gasteiger charge is 2.26. The highest BCUT2D eigenvalue weighted by Crippen LogP contribution is 2.28. The third-order valence-electron chi connectivity index (χ3n) is 4.04. The predicted molar refractivity (Wildman–Crippen MR) is 96.0 cm³/mol. The maximum atomic E-state index is 12.2. The van der Waals surface area contributed by atoms with Crippen molar-refractivity contribution in [2.75, 3.05) is 33.4 Å². The number of esters is 1. The zero-order valence-corrected chi connectivity index (χ0v) is 16.0. The second-order valence-electron chi connectivity index (χ2n) is 6.43. The molecule has 1 amide bonds. The molecule has 1 fully saturated rings. The molecule has 0 aromatic heterocycles. The minimum atomic E-state index is -0.671. The normalized spacial score (nSPS) is 19.3. The number of hydrogen-bond donors (Lipinski definition) is 0. The lowest BCUT2D eigenvalue weighted by molar-refractivity contribution is -0.158. The van der Waals surface area contributed by atoms with Crippen LogP contribution in [0.5, 0.6) is 11.5 Å². The summed E-state index contributed by atoms with van der Waals surface area (Å²) in [6.07, 6.45) is -0.107. The summed E-state index contributed by atoms with van der Waals surface area (Å²) in [5, 5.41) is 0.